The average Bonchev–Trinajstić information content (AvgIpc) is 2.95. The highest BCUT2D eigenvalue weighted by molar-refractivity contribution is 5.54. The van der Waals surface area contributed by atoms with E-state index in [1.54, 1.807) is 0 Å². The highest BCUT2D eigenvalue weighted by atomic mass is 19.1. The minimum absolute atomic E-state index is 0.152. The monoisotopic (exact) mass is 265 g/mol. The normalized spacial score (nSPS) is 22.9. The van der Waals surface area contributed by atoms with Gasteiger partial charge in [0, 0.05) is 18.2 Å². The van der Waals surface area contributed by atoms with Gasteiger partial charge in [0.1, 0.15) is 11.6 Å². The molecule has 1 aromatic heterocycles. The number of hydrogen-bond acceptors (Lipinski definition) is 4. The Morgan fingerprint density at radius 1 is 1.21 bits per heavy atom. The van der Waals surface area contributed by atoms with Crippen LogP contribution in [-0.4, -0.2) is 23.2 Å². The van der Waals surface area contributed by atoms with Crippen molar-refractivity contribution in [1.29, 1.82) is 0 Å². The van der Waals surface area contributed by atoms with Crippen LogP contribution in [0.5, 0.6) is 0 Å². The van der Waals surface area contributed by atoms with Gasteiger partial charge in [-0.15, -0.1) is 0 Å². The van der Waals surface area contributed by atoms with E-state index in [0.717, 1.165) is 19.2 Å². The average molecular weight is 265 g/mol. The number of hydrogen-bond donors (Lipinski definition) is 1. The van der Waals surface area contributed by atoms with E-state index in [0.29, 0.717) is 11.8 Å². The molecule has 0 aliphatic carbocycles. The molecule has 3 rings (SSSR count). The number of halogens is 2. The molecule has 2 heterocycles. The Morgan fingerprint density at radius 2 is 1.95 bits per heavy atom. The minimum atomic E-state index is -0.655. The van der Waals surface area contributed by atoms with Gasteiger partial charge in [-0.1, -0.05) is 12.1 Å². The summed E-state index contributed by atoms with van der Waals surface area (Å²) >= 11 is 0. The van der Waals surface area contributed by atoms with E-state index in [4.69, 9.17) is 4.52 Å². The molecule has 0 amide bonds. The van der Waals surface area contributed by atoms with Crippen LogP contribution < -0.4 is 5.32 Å². The maximum atomic E-state index is 13.1. The van der Waals surface area contributed by atoms with E-state index in [2.05, 4.69) is 22.4 Å². The second-order valence-electron chi connectivity index (χ2n) is 4.86. The van der Waals surface area contributed by atoms with Crippen LogP contribution >= 0.6 is 0 Å². The fraction of sp³-hybridized carbons (Fsp3) is 0.385. The van der Waals surface area contributed by atoms with Crippen molar-refractivity contribution in [3.8, 4) is 11.4 Å². The molecule has 1 fully saturated rings. The molecular weight excluding hydrogens is 252 g/mol. The van der Waals surface area contributed by atoms with E-state index in [1.165, 1.54) is 12.1 Å². The predicted molar refractivity (Wildman–Crippen MR) is 64.4 cm³/mol. The van der Waals surface area contributed by atoms with Crippen LogP contribution in [-0.2, 0) is 0 Å². The molecule has 6 heteroatoms. The van der Waals surface area contributed by atoms with Crippen molar-refractivity contribution >= 4 is 0 Å². The lowest BCUT2D eigenvalue weighted by Gasteiger charge is -2.07. The fourth-order valence-corrected chi connectivity index (χ4v) is 2.33. The number of benzene rings is 1. The van der Waals surface area contributed by atoms with E-state index in [-0.39, 0.29) is 17.3 Å². The molecule has 0 bridgehead atoms. The Hall–Kier alpha value is -1.82. The molecule has 0 unspecified atom stereocenters. The third-order valence-electron chi connectivity index (χ3n) is 3.40. The summed E-state index contributed by atoms with van der Waals surface area (Å²) < 4.78 is 31.5. The largest absolute Gasteiger partial charge is 0.339 e. The van der Waals surface area contributed by atoms with Crippen LogP contribution in [0.2, 0.25) is 0 Å². The number of aromatic nitrogens is 2. The molecule has 1 saturated heterocycles. The summed E-state index contributed by atoms with van der Waals surface area (Å²) in [4.78, 5) is 4.24. The highest BCUT2D eigenvalue weighted by Crippen LogP contribution is 2.28. The van der Waals surface area contributed by atoms with Crippen LogP contribution in [0.1, 0.15) is 18.7 Å². The van der Waals surface area contributed by atoms with Gasteiger partial charge >= 0.3 is 0 Å². The molecule has 100 valence electrons. The van der Waals surface area contributed by atoms with E-state index in [9.17, 15) is 8.78 Å². The third-order valence-corrected chi connectivity index (χ3v) is 3.40. The Balaban J connectivity index is 1.92. The van der Waals surface area contributed by atoms with Crippen molar-refractivity contribution in [2.45, 2.75) is 12.8 Å². The minimum Gasteiger partial charge on any atom is -0.339 e. The van der Waals surface area contributed by atoms with E-state index >= 15 is 0 Å². The summed E-state index contributed by atoms with van der Waals surface area (Å²) in [7, 11) is 0. The van der Waals surface area contributed by atoms with Crippen LogP contribution in [0.4, 0.5) is 8.78 Å². The number of nitrogens with one attached hydrogen (secondary N) is 1. The second kappa shape index (κ2) is 4.70. The summed E-state index contributed by atoms with van der Waals surface area (Å²) in [6.45, 7) is 3.77. The summed E-state index contributed by atoms with van der Waals surface area (Å²) in [6, 6.07) is 3.19. The molecule has 0 saturated carbocycles. The Bertz CT molecular complexity index is 579. The zero-order valence-electron chi connectivity index (χ0n) is 10.4. The topological polar surface area (TPSA) is 51.0 Å². The molecule has 4 nitrogen and oxygen atoms in total. The van der Waals surface area contributed by atoms with Gasteiger partial charge in [-0.2, -0.15) is 4.98 Å². The van der Waals surface area contributed by atoms with Gasteiger partial charge in [0.25, 0.3) is 0 Å². The molecule has 0 radical (unpaired) electrons. The first-order valence-corrected chi connectivity index (χ1v) is 6.14. The lowest BCUT2D eigenvalue weighted by atomic mass is 9.98. The Morgan fingerprint density at radius 3 is 2.58 bits per heavy atom. The smallest absolute Gasteiger partial charge is 0.231 e. The molecule has 2 aromatic rings. The first-order valence-electron chi connectivity index (χ1n) is 6.14. The summed E-state index contributed by atoms with van der Waals surface area (Å²) in [6.07, 6.45) is 0. The molecule has 1 N–H and O–H groups in total. The quantitative estimate of drug-likeness (QED) is 0.905. The molecule has 0 spiro atoms. The van der Waals surface area contributed by atoms with Gasteiger partial charge in [-0.05, 0) is 24.6 Å². The molecular formula is C13H13F2N3O. The Kier molecular flexibility index (Phi) is 3.02. The van der Waals surface area contributed by atoms with Crippen LogP contribution in [0.3, 0.4) is 0 Å². The molecule has 1 aliphatic rings. The maximum absolute atomic E-state index is 13.1. The highest BCUT2D eigenvalue weighted by Gasteiger charge is 2.29. The van der Waals surface area contributed by atoms with Crippen LogP contribution in [0.25, 0.3) is 11.4 Å². The van der Waals surface area contributed by atoms with Crippen molar-refractivity contribution in [3.05, 3.63) is 35.7 Å². The van der Waals surface area contributed by atoms with Crippen molar-refractivity contribution in [3.63, 3.8) is 0 Å². The maximum Gasteiger partial charge on any atom is 0.231 e. The second-order valence-corrected chi connectivity index (χ2v) is 4.86. The predicted octanol–water partition coefficient (Wildman–Crippen LogP) is 2.34. The van der Waals surface area contributed by atoms with Gasteiger partial charge in [0.05, 0.1) is 5.92 Å². The van der Waals surface area contributed by atoms with Crippen molar-refractivity contribution < 1.29 is 13.3 Å². The summed E-state index contributed by atoms with van der Waals surface area (Å²) in [5, 5.41) is 7.04. The molecule has 1 aliphatic heterocycles. The SMILES string of the molecule is C[C@@H]1CNC[C@H]1c1nc(-c2cc(F)cc(F)c2)no1. The van der Waals surface area contributed by atoms with Gasteiger partial charge in [-0.25, -0.2) is 8.78 Å². The van der Waals surface area contributed by atoms with Crippen molar-refractivity contribution in [2.75, 3.05) is 13.1 Å². The summed E-state index contributed by atoms with van der Waals surface area (Å²) in [5.41, 5.74) is 0.283. The van der Waals surface area contributed by atoms with Gasteiger partial charge < -0.3 is 9.84 Å². The zero-order valence-corrected chi connectivity index (χ0v) is 10.4. The summed E-state index contributed by atoms with van der Waals surface area (Å²) in [5.74, 6) is -0.0311. The van der Waals surface area contributed by atoms with E-state index < -0.39 is 11.6 Å². The van der Waals surface area contributed by atoms with E-state index in [1.807, 2.05) is 0 Å². The van der Waals surface area contributed by atoms with Gasteiger partial charge in [0.15, 0.2) is 0 Å². The number of nitrogens with zero attached hydrogens (tertiary/aromatic N) is 2. The van der Waals surface area contributed by atoms with Gasteiger partial charge in [0.2, 0.25) is 11.7 Å². The molecule has 1 aromatic carbocycles. The van der Waals surface area contributed by atoms with Crippen LogP contribution in [0, 0.1) is 17.6 Å². The molecule has 2 atom stereocenters. The standard InChI is InChI=1S/C13H13F2N3O/c1-7-5-16-6-11(7)13-17-12(18-19-13)8-2-9(14)4-10(15)3-8/h2-4,7,11,16H,5-6H2,1H3/t7-,11-/m1/s1. The zero-order chi connectivity index (χ0) is 13.4. The third kappa shape index (κ3) is 2.35. The van der Waals surface area contributed by atoms with Crippen molar-refractivity contribution in [2.24, 2.45) is 5.92 Å². The fourth-order valence-electron chi connectivity index (χ4n) is 2.33. The number of rotatable bonds is 2. The molecule has 19 heavy (non-hydrogen) atoms. The first kappa shape index (κ1) is 12.2. The lowest BCUT2D eigenvalue weighted by Crippen LogP contribution is -2.08. The van der Waals surface area contributed by atoms with Gasteiger partial charge in [-0.3, -0.25) is 0 Å². The van der Waals surface area contributed by atoms with Crippen molar-refractivity contribution in [1.82, 2.24) is 15.5 Å². The first-order chi connectivity index (χ1) is 9.13. The Labute approximate surface area is 108 Å². The lowest BCUT2D eigenvalue weighted by molar-refractivity contribution is 0.340. The van der Waals surface area contributed by atoms with Crippen LogP contribution in [0.15, 0.2) is 22.7 Å².